The van der Waals surface area contributed by atoms with Crippen LogP contribution < -0.4 is 4.72 Å². The average molecular weight is 467 g/mol. The Morgan fingerprint density at radius 3 is 2.53 bits per heavy atom. The van der Waals surface area contributed by atoms with E-state index < -0.39 is 10.0 Å². The number of aromatic nitrogens is 2. The van der Waals surface area contributed by atoms with Crippen LogP contribution in [0.2, 0.25) is 0 Å². The zero-order chi connectivity index (χ0) is 22.7. The Balaban J connectivity index is 1.50. The molecule has 0 saturated heterocycles. The number of aryl methyl sites for hydroxylation is 1. The Labute approximate surface area is 191 Å². The van der Waals surface area contributed by atoms with E-state index >= 15 is 0 Å². The van der Waals surface area contributed by atoms with Crippen molar-refractivity contribution in [3.05, 3.63) is 94.4 Å². The molecule has 2 aromatic heterocycles. The van der Waals surface area contributed by atoms with Gasteiger partial charge in [-0.15, -0.1) is 11.3 Å². The fourth-order valence-corrected chi connectivity index (χ4v) is 5.66. The number of carbonyl (C=O) groups excluding carboxylic acids is 1. The fraction of sp³-hybridized carbons (Fsp3) is 0.130. The number of nitrogens with zero attached hydrogens (tertiary/aromatic N) is 3. The minimum atomic E-state index is -3.90. The van der Waals surface area contributed by atoms with Gasteiger partial charge in [-0.05, 0) is 42.6 Å². The van der Waals surface area contributed by atoms with Crippen molar-refractivity contribution in [2.45, 2.75) is 18.4 Å². The quantitative estimate of drug-likeness (QED) is 0.440. The van der Waals surface area contributed by atoms with Crippen molar-refractivity contribution in [3.8, 4) is 5.69 Å². The predicted octanol–water partition coefficient (Wildman–Crippen LogP) is 4.32. The molecule has 0 unspecified atom stereocenters. The summed E-state index contributed by atoms with van der Waals surface area (Å²) < 4.78 is 30.1. The van der Waals surface area contributed by atoms with Gasteiger partial charge in [0.15, 0.2) is 0 Å². The number of carbonyl (C=O) groups is 1. The molecule has 1 N–H and O–H groups in total. The smallest absolute Gasteiger partial charge is 0.265 e. The van der Waals surface area contributed by atoms with Crippen LogP contribution in [0.5, 0.6) is 0 Å². The first-order valence-electron chi connectivity index (χ1n) is 9.85. The Hall–Kier alpha value is -3.43. The number of amides is 1. The summed E-state index contributed by atoms with van der Waals surface area (Å²) in [5, 5.41) is 5.96. The van der Waals surface area contributed by atoms with Gasteiger partial charge in [0.05, 0.1) is 11.9 Å². The van der Waals surface area contributed by atoms with Crippen LogP contribution in [0.15, 0.2) is 83.3 Å². The molecule has 0 radical (unpaired) electrons. The second kappa shape index (κ2) is 8.97. The topological polar surface area (TPSA) is 84.3 Å². The molecule has 1 amide bonds. The standard InChI is InChI=1S/C23H22N4O3S2/c1-17-8-10-19(11-9-17)25-32(29,30)21-12-13-31-22(21)23(28)26(2)15-18-14-24-27(16-18)20-6-4-3-5-7-20/h3-14,16,25H,15H2,1-2H3. The van der Waals surface area contributed by atoms with E-state index in [1.54, 1.807) is 35.4 Å². The summed E-state index contributed by atoms with van der Waals surface area (Å²) in [4.78, 5) is 14.7. The van der Waals surface area contributed by atoms with E-state index in [1.807, 2.05) is 55.6 Å². The summed E-state index contributed by atoms with van der Waals surface area (Å²) in [7, 11) is -2.26. The fourth-order valence-electron chi connectivity index (χ4n) is 3.18. The summed E-state index contributed by atoms with van der Waals surface area (Å²) in [6.45, 7) is 2.22. The molecule has 9 heteroatoms. The van der Waals surface area contributed by atoms with Crippen molar-refractivity contribution >= 4 is 33.0 Å². The van der Waals surface area contributed by atoms with Gasteiger partial charge in [0, 0.05) is 31.0 Å². The van der Waals surface area contributed by atoms with Crippen molar-refractivity contribution in [2.24, 2.45) is 0 Å². The molecule has 0 atom stereocenters. The zero-order valence-corrected chi connectivity index (χ0v) is 19.2. The first-order valence-corrected chi connectivity index (χ1v) is 12.2. The first-order chi connectivity index (χ1) is 15.3. The third kappa shape index (κ3) is 4.74. The van der Waals surface area contributed by atoms with Crippen LogP contribution in [0.1, 0.15) is 20.8 Å². The van der Waals surface area contributed by atoms with Crippen LogP contribution in [-0.2, 0) is 16.6 Å². The van der Waals surface area contributed by atoms with Gasteiger partial charge in [0.2, 0.25) is 0 Å². The van der Waals surface area contributed by atoms with Gasteiger partial charge in [-0.25, -0.2) is 13.1 Å². The zero-order valence-electron chi connectivity index (χ0n) is 17.6. The van der Waals surface area contributed by atoms with Gasteiger partial charge in [0.1, 0.15) is 9.77 Å². The molecule has 2 aromatic carbocycles. The molecule has 4 rings (SSSR count). The van der Waals surface area contributed by atoms with E-state index in [0.717, 1.165) is 28.2 Å². The number of anilines is 1. The highest BCUT2D eigenvalue weighted by atomic mass is 32.2. The van der Waals surface area contributed by atoms with E-state index in [-0.39, 0.29) is 15.7 Å². The van der Waals surface area contributed by atoms with E-state index in [2.05, 4.69) is 9.82 Å². The SMILES string of the molecule is Cc1ccc(NS(=O)(=O)c2ccsc2C(=O)N(C)Cc2cnn(-c3ccccc3)c2)cc1. The molecule has 164 valence electrons. The molecule has 0 aliphatic carbocycles. The third-order valence-corrected chi connectivity index (χ3v) is 7.30. The maximum atomic E-state index is 13.1. The summed E-state index contributed by atoms with van der Waals surface area (Å²) in [6, 6.07) is 18.1. The average Bonchev–Trinajstić information content (AvgIpc) is 3.46. The molecular formula is C23H22N4O3S2. The highest BCUT2D eigenvalue weighted by Gasteiger charge is 2.26. The Bertz CT molecular complexity index is 1330. The second-order valence-electron chi connectivity index (χ2n) is 7.38. The highest BCUT2D eigenvalue weighted by Crippen LogP contribution is 2.26. The maximum absolute atomic E-state index is 13.1. The van der Waals surface area contributed by atoms with Crippen LogP contribution in [0.3, 0.4) is 0 Å². The number of rotatable bonds is 7. The molecule has 7 nitrogen and oxygen atoms in total. The van der Waals surface area contributed by atoms with E-state index in [1.165, 1.54) is 11.0 Å². The highest BCUT2D eigenvalue weighted by molar-refractivity contribution is 7.93. The lowest BCUT2D eigenvalue weighted by atomic mass is 10.2. The molecule has 0 fully saturated rings. The molecule has 32 heavy (non-hydrogen) atoms. The van der Waals surface area contributed by atoms with Crippen molar-refractivity contribution in [2.75, 3.05) is 11.8 Å². The number of sulfonamides is 1. The van der Waals surface area contributed by atoms with E-state index in [0.29, 0.717) is 12.2 Å². The Kier molecular flexibility index (Phi) is 6.11. The van der Waals surface area contributed by atoms with Crippen molar-refractivity contribution in [3.63, 3.8) is 0 Å². The number of para-hydroxylation sites is 1. The number of benzene rings is 2. The Morgan fingerprint density at radius 1 is 1.09 bits per heavy atom. The van der Waals surface area contributed by atoms with Gasteiger partial charge in [-0.1, -0.05) is 35.9 Å². The summed E-state index contributed by atoms with van der Waals surface area (Å²) >= 11 is 1.11. The number of hydrogen-bond donors (Lipinski definition) is 1. The predicted molar refractivity (Wildman–Crippen MR) is 126 cm³/mol. The molecule has 0 aliphatic rings. The van der Waals surface area contributed by atoms with Gasteiger partial charge < -0.3 is 4.90 Å². The number of hydrogen-bond acceptors (Lipinski definition) is 5. The van der Waals surface area contributed by atoms with E-state index in [4.69, 9.17) is 0 Å². The van der Waals surface area contributed by atoms with Gasteiger partial charge in [-0.2, -0.15) is 5.10 Å². The molecule has 0 bridgehead atoms. The number of thiophene rings is 1. The van der Waals surface area contributed by atoms with Crippen LogP contribution in [0, 0.1) is 6.92 Å². The molecule has 0 aliphatic heterocycles. The summed E-state index contributed by atoms with van der Waals surface area (Å²) in [6.07, 6.45) is 3.55. The molecular weight excluding hydrogens is 444 g/mol. The van der Waals surface area contributed by atoms with Crippen LogP contribution in [-0.4, -0.2) is 36.1 Å². The third-order valence-electron chi connectivity index (χ3n) is 4.84. The van der Waals surface area contributed by atoms with Gasteiger partial charge >= 0.3 is 0 Å². The van der Waals surface area contributed by atoms with Gasteiger partial charge in [-0.3, -0.25) is 9.52 Å². The first kappa shape index (κ1) is 21.8. The summed E-state index contributed by atoms with van der Waals surface area (Å²) in [5.74, 6) is -0.364. The van der Waals surface area contributed by atoms with Gasteiger partial charge in [0.25, 0.3) is 15.9 Å². The molecule has 4 aromatic rings. The minimum absolute atomic E-state index is 0.0279. The van der Waals surface area contributed by atoms with Crippen LogP contribution in [0.4, 0.5) is 5.69 Å². The normalized spacial score (nSPS) is 11.3. The second-order valence-corrected chi connectivity index (χ2v) is 9.94. The monoisotopic (exact) mass is 466 g/mol. The minimum Gasteiger partial charge on any atom is -0.337 e. The largest absolute Gasteiger partial charge is 0.337 e. The van der Waals surface area contributed by atoms with Crippen molar-refractivity contribution in [1.82, 2.24) is 14.7 Å². The summed E-state index contributed by atoms with van der Waals surface area (Å²) in [5.41, 5.74) is 3.23. The van der Waals surface area contributed by atoms with Crippen molar-refractivity contribution in [1.29, 1.82) is 0 Å². The Morgan fingerprint density at radius 2 is 1.81 bits per heavy atom. The number of nitrogens with one attached hydrogen (secondary N) is 1. The molecule has 0 spiro atoms. The lowest BCUT2D eigenvalue weighted by Crippen LogP contribution is -2.27. The lowest BCUT2D eigenvalue weighted by molar-refractivity contribution is 0.0786. The lowest BCUT2D eigenvalue weighted by Gasteiger charge is -2.16. The van der Waals surface area contributed by atoms with Crippen LogP contribution in [0.25, 0.3) is 5.69 Å². The van der Waals surface area contributed by atoms with Crippen molar-refractivity contribution < 1.29 is 13.2 Å². The van der Waals surface area contributed by atoms with E-state index in [9.17, 15) is 13.2 Å². The molecule has 2 heterocycles. The molecule has 0 saturated carbocycles. The van der Waals surface area contributed by atoms with Crippen LogP contribution >= 0.6 is 11.3 Å². The maximum Gasteiger partial charge on any atom is 0.265 e.